The van der Waals surface area contributed by atoms with E-state index in [0.29, 0.717) is 12.6 Å². The molecule has 0 radical (unpaired) electrons. The molecule has 0 aliphatic carbocycles. The highest BCUT2D eigenvalue weighted by Crippen LogP contribution is 2.18. The fourth-order valence-corrected chi connectivity index (χ4v) is 3.36. The minimum absolute atomic E-state index is 0.117. The number of nitrogens with zero attached hydrogens (tertiary/aromatic N) is 1. The average Bonchev–Trinajstić information content (AvgIpc) is 2.59. The first-order valence-electron chi connectivity index (χ1n) is 8.48. The fourth-order valence-electron chi connectivity index (χ4n) is 3.36. The number of rotatable bonds is 5. The van der Waals surface area contributed by atoms with Gasteiger partial charge in [-0.2, -0.15) is 0 Å². The third kappa shape index (κ3) is 4.08. The molecule has 0 aromatic heterocycles. The van der Waals surface area contributed by atoms with Gasteiger partial charge in [-0.3, -0.25) is 4.79 Å². The molecule has 1 saturated heterocycles. The lowest BCUT2D eigenvalue weighted by molar-refractivity contribution is -0.137. The Bertz CT molecular complexity index is 498. The lowest BCUT2D eigenvalue weighted by Crippen LogP contribution is -2.38. The molecule has 1 atom stereocenters. The molecule has 22 heavy (non-hydrogen) atoms. The second-order valence-electron chi connectivity index (χ2n) is 6.32. The number of hydrogen-bond donors (Lipinski definition) is 1. The van der Waals surface area contributed by atoms with Gasteiger partial charge in [-0.1, -0.05) is 30.7 Å². The number of nitrogens with one attached hydrogen (secondary N) is 1. The molecular formula is C18H26N2O2. The van der Waals surface area contributed by atoms with E-state index in [1.807, 2.05) is 11.0 Å². The molecule has 1 N–H and O–H groups in total. The van der Waals surface area contributed by atoms with Crippen molar-refractivity contribution in [3.8, 4) is 0 Å². The highest BCUT2D eigenvalue weighted by Gasteiger charge is 2.20. The number of fused-ring (bicyclic) bond motifs is 1. The minimum Gasteiger partial charge on any atom is -0.372 e. The first-order valence-corrected chi connectivity index (χ1v) is 8.48. The van der Waals surface area contributed by atoms with E-state index in [9.17, 15) is 4.79 Å². The van der Waals surface area contributed by atoms with Crippen molar-refractivity contribution in [2.45, 2.75) is 44.7 Å². The zero-order valence-corrected chi connectivity index (χ0v) is 13.2. The molecular weight excluding hydrogens is 276 g/mol. The fraction of sp³-hybridized carbons (Fsp3) is 0.611. The van der Waals surface area contributed by atoms with Crippen molar-refractivity contribution >= 4 is 5.91 Å². The van der Waals surface area contributed by atoms with Crippen LogP contribution in [-0.2, 0) is 22.5 Å². The van der Waals surface area contributed by atoms with Crippen molar-refractivity contribution in [2.24, 2.45) is 0 Å². The third-order valence-electron chi connectivity index (χ3n) is 4.73. The first-order chi connectivity index (χ1) is 10.8. The topological polar surface area (TPSA) is 41.6 Å². The number of amides is 1. The quantitative estimate of drug-likeness (QED) is 0.847. The Morgan fingerprint density at radius 3 is 2.95 bits per heavy atom. The third-order valence-corrected chi connectivity index (χ3v) is 4.73. The Morgan fingerprint density at radius 2 is 2.14 bits per heavy atom. The van der Waals surface area contributed by atoms with Crippen LogP contribution in [0.3, 0.4) is 0 Å². The van der Waals surface area contributed by atoms with Crippen LogP contribution in [0.15, 0.2) is 24.3 Å². The van der Waals surface area contributed by atoms with Crippen LogP contribution in [0.25, 0.3) is 0 Å². The summed E-state index contributed by atoms with van der Waals surface area (Å²) in [5.74, 6) is 0.117. The average molecular weight is 302 g/mol. The van der Waals surface area contributed by atoms with E-state index >= 15 is 0 Å². The number of piperidine rings is 1. The second-order valence-corrected chi connectivity index (χ2v) is 6.32. The molecule has 4 nitrogen and oxygen atoms in total. The predicted octanol–water partition coefficient (Wildman–Crippen LogP) is 2.12. The SMILES string of the molecule is O=C(COCCC1CCCCN1)N1CCc2ccccc2C1. The largest absolute Gasteiger partial charge is 0.372 e. The van der Waals surface area contributed by atoms with Gasteiger partial charge in [0.25, 0.3) is 0 Å². The van der Waals surface area contributed by atoms with E-state index in [1.54, 1.807) is 0 Å². The van der Waals surface area contributed by atoms with E-state index in [2.05, 4.69) is 23.5 Å². The van der Waals surface area contributed by atoms with Crippen molar-refractivity contribution in [2.75, 3.05) is 26.3 Å². The molecule has 1 unspecified atom stereocenters. The zero-order valence-electron chi connectivity index (χ0n) is 13.2. The van der Waals surface area contributed by atoms with Crippen LogP contribution in [0.4, 0.5) is 0 Å². The van der Waals surface area contributed by atoms with E-state index in [0.717, 1.165) is 32.5 Å². The van der Waals surface area contributed by atoms with Crippen molar-refractivity contribution < 1.29 is 9.53 Å². The van der Waals surface area contributed by atoms with Crippen LogP contribution >= 0.6 is 0 Å². The molecule has 4 heteroatoms. The molecule has 0 spiro atoms. The summed E-state index contributed by atoms with van der Waals surface area (Å²) in [6, 6.07) is 8.96. The summed E-state index contributed by atoms with van der Waals surface area (Å²) in [6.07, 6.45) is 5.79. The van der Waals surface area contributed by atoms with Gasteiger partial charge in [0.15, 0.2) is 0 Å². The summed E-state index contributed by atoms with van der Waals surface area (Å²) in [6.45, 7) is 3.55. The number of hydrogen-bond acceptors (Lipinski definition) is 3. The summed E-state index contributed by atoms with van der Waals surface area (Å²) in [4.78, 5) is 14.2. The molecule has 120 valence electrons. The molecule has 2 aliphatic rings. The molecule has 1 aromatic rings. The summed E-state index contributed by atoms with van der Waals surface area (Å²) < 4.78 is 5.61. The lowest BCUT2D eigenvalue weighted by atomic mass is 10.00. The molecule has 1 fully saturated rings. The van der Waals surface area contributed by atoms with Crippen LogP contribution in [0.1, 0.15) is 36.8 Å². The Labute approximate surface area is 132 Å². The molecule has 0 saturated carbocycles. The number of carbonyl (C=O) groups is 1. The summed E-state index contributed by atoms with van der Waals surface area (Å²) in [7, 11) is 0. The molecule has 1 amide bonds. The second kappa shape index (κ2) is 7.75. The molecule has 2 aliphatic heterocycles. The smallest absolute Gasteiger partial charge is 0.248 e. The van der Waals surface area contributed by atoms with Gasteiger partial charge in [-0.15, -0.1) is 0 Å². The van der Waals surface area contributed by atoms with Gasteiger partial charge in [-0.25, -0.2) is 0 Å². The van der Waals surface area contributed by atoms with Crippen molar-refractivity contribution in [3.05, 3.63) is 35.4 Å². The number of carbonyl (C=O) groups excluding carboxylic acids is 1. The van der Waals surface area contributed by atoms with Gasteiger partial charge < -0.3 is 15.0 Å². The zero-order chi connectivity index (χ0) is 15.2. The van der Waals surface area contributed by atoms with Crippen molar-refractivity contribution in [1.82, 2.24) is 10.2 Å². The van der Waals surface area contributed by atoms with Crippen molar-refractivity contribution in [1.29, 1.82) is 0 Å². The maximum absolute atomic E-state index is 12.2. The monoisotopic (exact) mass is 302 g/mol. The summed E-state index contributed by atoms with van der Waals surface area (Å²) in [5.41, 5.74) is 2.64. The maximum Gasteiger partial charge on any atom is 0.248 e. The van der Waals surface area contributed by atoms with E-state index < -0.39 is 0 Å². The van der Waals surface area contributed by atoms with E-state index in [1.165, 1.54) is 30.4 Å². The predicted molar refractivity (Wildman–Crippen MR) is 86.6 cm³/mol. The van der Waals surface area contributed by atoms with Gasteiger partial charge >= 0.3 is 0 Å². The summed E-state index contributed by atoms with van der Waals surface area (Å²) in [5, 5.41) is 3.51. The Kier molecular flexibility index (Phi) is 5.46. The maximum atomic E-state index is 12.2. The molecule has 2 heterocycles. The number of ether oxygens (including phenoxy) is 1. The van der Waals surface area contributed by atoms with E-state index in [-0.39, 0.29) is 12.5 Å². The van der Waals surface area contributed by atoms with Crippen LogP contribution in [0.2, 0.25) is 0 Å². The highest BCUT2D eigenvalue weighted by molar-refractivity contribution is 5.77. The van der Waals surface area contributed by atoms with Crippen LogP contribution in [-0.4, -0.2) is 43.2 Å². The molecule has 0 bridgehead atoms. The van der Waals surface area contributed by atoms with Gasteiger partial charge in [0.1, 0.15) is 6.61 Å². The Morgan fingerprint density at radius 1 is 1.27 bits per heavy atom. The summed E-state index contributed by atoms with van der Waals surface area (Å²) >= 11 is 0. The van der Waals surface area contributed by atoms with Crippen LogP contribution in [0.5, 0.6) is 0 Å². The van der Waals surface area contributed by atoms with Gasteiger partial charge in [0.2, 0.25) is 5.91 Å². The standard InChI is InChI=1S/C18H26N2O2/c21-18(14-22-12-9-17-7-3-4-10-19-17)20-11-8-15-5-1-2-6-16(15)13-20/h1-2,5-6,17,19H,3-4,7-14H2. The number of benzene rings is 1. The normalized spacial score (nSPS) is 21.5. The van der Waals surface area contributed by atoms with Crippen LogP contribution in [0, 0.1) is 0 Å². The lowest BCUT2D eigenvalue weighted by Gasteiger charge is -2.29. The Hall–Kier alpha value is -1.39. The van der Waals surface area contributed by atoms with Gasteiger partial charge in [-0.05, 0) is 43.4 Å². The Balaban J connectivity index is 1.37. The highest BCUT2D eigenvalue weighted by atomic mass is 16.5. The van der Waals surface area contributed by atoms with Gasteiger partial charge in [0.05, 0.1) is 0 Å². The molecule has 3 rings (SSSR count). The van der Waals surface area contributed by atoms with Crippen molar-refractivity contribution in [3.63, 3.8) is 0 Å². The molecule has 1 aromatic carbocycles. The van der Waals surface area contributed by atoms with Crippen LogP contribution < -0.4 is 5.32 Å². The van der Waals surface area contributed by atoms with E-state index in [4.69, 9.17) is 4.74 Å². The van der Waals surface area contributed by atoms with Gasteiger partial charge in [0, 0.05) is 25.7 Å². The minimum atomic E-state index is 0.117. The first kappa shape index (κ1) is 15.5.